The summed E-state index contributed by atoms with van der Waals surface area (Å²) in [6.07, 6.45) is -0.189. The predicted molar refractivity (Wildman–Crippen MR) is 109 cm³/mol. The third-order valence-corrected chi connectivity index (χ3v) is 6.33. The lowest BCUT2D eigenvalue weighted by Crippen LogP contribution is -2.50. The molecule has 0 saturated heterocycles. The predicted octanol–water partition coefficient (Wildman–Crippen LogP) is 2.42. The van der Waals surface area contributed by atoms with E-state index in [2.05, 4.69) is 0 Å². The second-order valence-corrected chi connectivity index (χ2v) is 9.57. The van der Waals surface area contributed by atoms with Crippen LogP contribution in [0, 0.1) is 11.3 Å². The lowest BCUT2D eigenvalue weighted by Gasteiger charge is -2.32. The Morgan fingerprint density at radius 3 is 2.21 bits per heavy atom. The molecule has 0 fully saturated rings. The molecule has 2 aromatic rings. The molecule has 0 bridgehead atoms. The standard InChI is InChI=1S/C20H22ClN3O4S/c1-20(2,26)11-18(19(23)25)24(13-15-5-3-14(12-22)4-6-15)29(27,28)17-9-7-16(21)8-10-17/h3-10,18,26H,11,13H2,1-2H3,(H2,23,25)/t18-/m1/s1. The fraction of sp³-hybridized carbons (Fsp3) is 0.300. The van der Waals surface area contributed by atoms with E-state index in [1.54, 1.807) is 24.3 Å². The van der Waals surface area contributed by atoms with Crippen LogP contribution in [0.1, 0.15) is 31.4 Å². The molecule has 1 atom stereocenters. The van der Waals surface area contributed by atoms with E-state index in [1.165, 1.54) is 38.1 Å². The van der Waals surface area contributed by atoms with Crippen molar-refractivity contribution in [3.05, 3.63) is 64.7 Å². The number of primary amides is 1. The Morgan fingerprint density at radius 1 is 1.21 bits per heavy atom. The molecule has 29 heavy (non-hydrogen) atoms. The average molecular weight is 436 g/mol. The number of carbonyl (C=O) groups excluding carboxylic acids is 1. The second kappa shape index (κ2) is 8.93. The number of aliphatic hydroxyl groups is 1. The van der Waals surface area contributed by atoms with Gasteiger partial charge in [0.25, 0.3) is 0 Å². The molecule has 0 spiro atoms. The van der Waals surface area contributed by atoms with E-state index >= 15 is 0 Å². The molecule has 0 aliphatic heterocycles. The summed E-state index contributed by atoms with van der Waals surface area (Å²) >= 11 is 5.86. The summed E-state index contributed by atoms with van der Waals surface area (Å²) in [6, 6.07) is 12.6. The molecule has 0 aliphatic rings. The third kappa shape index (κ3) is 6.02. The minimum atomic E-state index is -4.15. The van der Waals surface area contributed by atoms with Crippen LogP contribution >= 0.6 is 11.6 Å². The van der Waals surface area contributed by atoms with Crippen LogP contribution in [0.2, 0.25) is 5.02 Å². The zero-order chi connectivity index (χ0) is 21.8. The van der Waals surface area contributed by atoms with E-state index in [0.29, 0.717) is 16.1 Å². The first kappa shape index (κ1) is 22.8. The van der Waals surface area contributed by atoms with Crippen molar-refractivity contribution in [1.82, 2.24) is 4.31 Å². The van der Waals surface area contributed by atoms with Crippen LogP contribution in [0.4, 0.5) is 0 Å². The largest absolute Gasteiger partial charge is 0.390 e. The van der Waals surface area contributed by atoms with Gasteiger partial charge in [0.15, 0.2) is 0 Å². The van der Waals surface area contributed by atoms with Gasteiger partial charge in [-0.15, -0.1) is 0 Å². The number of halogens is 1. The number of hydrogen-bond donors (Lipinski definition) is 2. The quantitative estimate of drug-likeness (QED) is 0.658. The molecule has 9 heteroatoms. The fourth-order valence-electron chi connectivity index (χ4n) is 2.79. The number of sulfonamides is 1. The van der Waals surface area contributed by atoms with E-state index < -0.39 is 27.6 Å². The van der Waals surface area contributed by atoms with Crippen molar-refractivity contribution >= 4 is 27.5 Å². The number of amides is 1. The van der Waals surface area contributed by atoms with Crippen molar-refractivity contribution < 1.29 is 18.3 Å². The van der Waals surface area contributed by atoms with Crippen molar-refractivity contribution in [2.75, 3.05) is 0 Å². The number of hydrogen-bond acceptors (Lipinski definition) is 5. The molecule has 0 saturated carbocycles. The SMILES string of the molecule is CC(C)(O)C[C@H](C(N)=O)N(Cc1ccc(C#N)cc1)S(=O)(=O)c1ccc(Cl)cc1. The van der Waals surface area contributed by atoms with Crippen LogP contribution in [-0.4, -0.2) is 35.4 Å². The zero-order valence-corrected chi connectivity index (χ0v) is 17.6. The average Bonchev–Trinajstić information content (AvgIpc) is 2.64. The molecular weight excluding hydrogens is 414 g/mol. The van der Waals surface area contributed by atoms with Crippen molar-refractivity contribution in [3.63, 3.8) is 0 Å². The van der Waals surface area contributed by atoms with Gasteiger partial charge in [-0.05, 0) is 55.8 Å². The summed E-state index contributed by atoms with van der Waals surface area (Å²) in [5.74, 6) is -0.877. The molecule has 0 aliphatic carbocycles. The van der Waals surface area contributed by atoms with E-state index in [4.69, 9.17) is 22.6 Å². The molecule has 0 radical (unpaired) electrons. The molecular formula is C20H22ClN3O4S. The van der Waals surface area contributed by atoms with Crippen LogP contribution in [-0.2, 0) is 21.4 Å². The lowest BCUT2D eigenvalue weighted by atomic mass is 9.98. The van der Waals surface area contributed by atoms with Gasteiger partial charge < -0.3 is 10.8 Å². The topological polar surface area (TPSA) is 124 Å². The molecule has 0 unspecified atom stereocenters. The highest BCUT2D eigenvalue weighted by Crippen LogP contribution is 2.26. The van der Waals surface area contributed by atoms with E-state index in [9.17, 15) is 18.3 Å². The number of benzene rings is 2. The van der Waals surface area contributed by atoms with Crippen LogP contribution < -0.4 is 5.73 Å². The Morgan fingerprint density at radius 2 is 1.76 bits per heavy atom. The highest BCUT2D eigenvalue weighted by atomic mass is 35.5. The zero-order valence-electron chi connectivity index (χ0n) is 16.0. The molecule has 2 aromatic carbocycles. The third-order valence-electron chi connectivity index (χ3n) is 4.21. The van der Waals surface area contributed by atoms with Crippen molar-refractivity contribution in [2.24, 2.45) is 5.73 Å². The fourth-order valence-corrected chi connectivity index (χ4v) is 4.50. The molecule has 0 aromatic heterocycles. The Kier molecular flexibility index (Phi) is 7.03. The second-order valence-electron chi connectivity index (χ2n) is 7.25. The molecule has 0 heterocycles. The summed E-state index contributed by atoms with van der Waals surface area (Å²) in [5, 5.41) is 19.5. The number of rotatable bonds is 8. The highest BCUT2D eigenvalue weighted by molar-refractivity contribution is 7.89. The van der Waals surface area contributed by atoms with E-state index in [1.807, 2.05) is 6.07 Å². The van der Waals surface area contributed by atoms with Gasteiger partial charge in [-0.1, -0.05) is 23.7 Å². The van der Waals surface area contributed by atoms with Crippen molar-refractivity contribution in [2.45, 2.75) is 43.4 Å². The van der Waals surface area contributed by atoms with Gasteiger partial charge in [0.1, 0.15) is 6.04 Å². The van der Waals surface area contributed by atoms with Gasteiger partial charge in [0.05, 0.1) is 22.1 Å². The minimum absolute atomic E-state index is 0.0578. The number of nitrogens with zero attached hydrogens (tertiary/aromatic N) is 2. The van der Waals surface area contributed by atoms with Crippen molar-refractivity contribution in [3.8, 4) is 6.07 Å². The summed E-state index contributed by atoms with van der Waals surface area (Å²) in [5.41, 5.74) is 5.17. The highest BCUT2D eigenvalue weighted by Gasteiger charge is 2.38. The number of nitriles is 1. The smallest absolute Gasteiger partial charge is 0.244 e. The molecule has 3 N–H and O–H groups in total. The van der Waals surface area contributed by atoms with Crippen LogP contribution in [0.25, 0.3) is 0 Å². The Balaban J connectivity index is 2.54. The summed E-state index contributed by atoms with van der Waals surface area (Å²) in [7, 11) is -4.15. The Hall–Kier alpha value is -2.44. The molecule has 7 nitrogen and oxygen atoms in total. The maximum absolute atomic E-state index is 13.3. The number of carbonyl (C=O) groups is 1. The monoisotopic (exact) mass is 435 g/mol. The first-order valence-corrected chi connectivity index (χ1v) is 10.5. The maximum atomic E-state index is 13.3. The van der Waals surface area contributed by atoms with Crippen LogP contribution in [0.3, 0.4) is 0 Å². The van der Waals surface area contributed by atoms with Crippen molar-refractivity contribution in [1.29, 1.82) is 5.26 Å². The lowest BCUT2D eigenvalue weighted by molar-refractivity contribution is -0.123. The minimum Gasteiger partial charge on any atom is -0.390 e. The summed E-state index contributed by atoms with van der Waals surface area (Å²) < 4.78 is 27.7. The first-order chi connectivity index (χ1) is 13.4. The molecule has 154 valence electrons. The van der Waals surface area contributed by atoms with E-state index in [0.717, 1.165) is 4.31 Å². The first-order valence-electron chi connectivity index (χ1n) is 8.72. The summed E-state index contributed by atoms with van der Waals surface area (Å²) in [6.45, 7) is 2.77. The van der Waals surface area contributed by atoms with E-state index in [-0.39, 0.29) is 17.9 Å². The van der Waals surface area contributed by atoms with Gasteiger partial charge in [-0.25, -0.2) is 8.42 Å². The Bertz CT molecular complexity index is 1010. The van der Waals surface area contributed by atoms with Gasteiger partial charge in [0, 0.05) is 18.0 Å². The van der Waals surface area contributed by atoms with Gasteiger partial charge in [0.2, 0.25) is 15.9 Å². The summed E-state index contributed by atoms with van der Waals surface area (Å²) in [4.78, 5) is 12.1. The molecule has 1 amide bonds. The van der Waals surface area contributed by atoms with Gasteiger partial charge in [-0.2, -0.15) is 9.57 Å². The Labute approximate surface area is 175 Å². The molecule has 2 rings (SSSR count). The maximum Gasteiger partial charge on any atom is 0.244 e. The van der Waals surface area contributed by atoms with Crippen LogP contribution in [0.15, 0.2) is 53.4 Å². The van der Waals surface area contributed by atoms with Gasteiger partial charge >= 0.3 is 0 Å². The number of nitrogens with two attached hydrogens (primary N) is 1. The van der Waals surface area contributed by atoms with Gasteiger partial charge in [-0.3, -0.25) is 4.79 Å². The van der Waals surface area contributed by atoms with Crippen LogP contribution in [0.5, 0.6) is 0 Å². The normalized spacial score (nSPS) is 13.1.